The zero-order chi connectivity index (χ0) is 30.4. The van der Waals surface area contributed by atoms with Crippen LogP contribution < -0.4 is 10.0 Å². The molecule has 4 amide bonds. The Kier molecular flexibility index (Phi) is 8.18. The number of amides is 4. The third-order valence-corrected chi connectivity index (χ3v) is 11.4. The number of nitrogens with zero attached hydrogens (tertiary/aromatic N) is 2. The summed E-state index contributed by atoms with van der Waals surface area (Å²) in [7, 11) is -3.82. The van der Waals surface area contributed by atoms with Gasteiger partial charge in [-0.05, 0) is 55.7 Å². The van der Waals surface area contributed by atoms with Crippen molar-refractivity contribution in [1.29, 1.82) is 0 Å². The van der Waals surface area contributed by atoms with Crippen molar-refractivity contribution in [2.75, 3.05) is 6.54 Å². The summed E-state index contributed by atoms with van der Waals surface area (Å²) < 4.78 is 33.2. The van der Waals surface area contributed by atoms with E-state index >= 15 is 0 Å². The lowest BCUT2D eigenvalue weighted by Crippen LogP contribution is -2.56. The van der Waals surface area contributed by atoms with Gasteiger partial charge in [-0.2, -0.15) is 0 Å². The number of ether oxygens (including phenoxy) is 1. The predicted molar refractivity (Wildman–Crippen MR) is 157 cm³/mol. The number of sulfonamides is 1. The first-order valence-corrected chi connectivity index (χ1v) is 17.1. The van der Waals surface area contributed by atoms with Gasteiger partial charge in [0.05, 0.1) is 18.3 Å². The number of rotatable bonds is 4. The van der Waals surface area contributed by atoms with Crippen molar-refractivity contribution >= 4 is 45.4 Å². The van der Waals surface area contributed by atoms with E-state index in [1.165, 1.54) is 9.80 Å². The van der Waals surface area contributed by atoms with Crippen molar-refractivity contribution in [1.82, 2.24) is 19.8 Å². The van der Waals surface area contributed by atoms with E-state index in [4.69, 9.17) is 16.3 Å². The van der Waals surface area contributed by atoms with Crippen LogP contribution in [-0.2, 0) is 42.2 Å². The van der Waals surface area contributed by atoms with Crippen molar-refractivity contribution in [3.05, 3.63) is 46.5 Å². The highest BCUT2D eigenvalue weighted by molar-refractivity contribution is 7.91. The molecule has 1 unspecified atom stereocenters. The first-order valence-electron chi connectivity index (χ1n) is 15.1. The van der Waals surface area contributed by atoms with Crippen LogP contribution in [0.25, 0.3) is 0 Å². The van der Waals surface area contributed by atoms with Gasteiger partial charge in [-0.25, -0.2) is 13.2 Å². The fourth-order valence-electron chi connectivity index (χ4n) is 6.40. The van der Waals surface area contributed by atoms with Crippen LogP contribution in [0, 0.1) is 5.92 Å². The van der Waals surface area contributed by atoms with Gasteiger partial charge < -0.3 is 15.0 Å². The maximum atomic E-state index is 13.8. The highest BCUT2D eigenvalue weighted by atomic mass is 35.5. The minimum Gasteiger partial charge on any atom is -0.444 e. The molecule has 0 bridgehead atoms. The van der Waals surface area contributed by atoms with Crippen molar-refractivity contribution in [3.63, 3.8) is 0 Å². The summed E-state index contributed by atoms with van der Waals surface area (Å²) in [5.74, 6) is -1.89. The summed E-state index contributed by atoms with van der Waals surface area (Å²) >= 11 is 6.30. The molecule has 2 saturated carbocycles. The summed E-state index contributed by atoms with van der Waals surface area (Å²) in [6, 6.07) is 4.55. The second-order valence-corrected chi connectivity index (χ2v) is 14.7. The summed E-state index contributed by atoms with van der Waals surface area (Å²) in [6.45, 7) is 0.719. The number of nitrogens with one attached hydrogen (secondary N) is 2. The summed E-state index contributed by atoms with van der Waals surface area (Å²) in [5, 5.41) is 2.83. The largest absolute Gasteiger partial charge is 0.444 e. The van der Waals surface area contributed by atoms with Crippen molar-refractivity contribution in [2.45, 2.75) is 100 Å². The monoisotopic (exact) mass is 632 g/mol. The number of hydrogen-bond donors (Lipinski definition) is 2. The lowest BCUT2D eigenvalue weighted by molar-refractivity contribution is -0.139. The second-order valence-electron chi connectivity index (χ2n) is 12.4. The number of allylic oxidation sites excluding steroid dienone is 1. The number of carbonyl (C=O) groups is 4. The average molecular weight is 633 g/mol. The molecule has 3 fully saturated rings. The summed E-state index contributed by atoms with van der Waals surface area (Å²) in [6.07, 6.45) is 8.39. The van der Waals surface area contributed by atoms with E-state index in [0.717, 1.165) is 36.8 Å². The Bertz CT molecular complexity index is 1460. The molecule has 232 valence electrons. The lowest BCUT2D eigenvalue weighted by Gasteiger charge is -2.26. The van der Waals surface area contributed by atoms with Gasteiger partial charge in [-0.1, -0.05) is 48.7 Å². The fraction of sp³-hybridized carbons (Fsp3) is 0.600. The number of carbonyl (C=O) groups excluding carboxylic acids is 4. The second kappa shape index (κ2) is 11.8. The van der Waals surface area contributed by atoms with Gasteiger partial charge in [0.2, 0.25) is 21.8 Å². The van der Waals surface area contributed by atoms with Crippen LogP contribution in [0.1, 0.15) is 75.3 Å². The molecule has 43 heavy (non-hydrogen) atoms. The first kappa shape index (κ1) is 29.9. The van der Waals surface area contributed by atoms with E-state index in [0.29, 0.717) is 37.4 Å². The molecule has 4 atom stereocenters. The van der Waals surface area contributed by atoms with Crippen LogP contribution in [-0.4, -0.2) is 71.5 Å². The maximum Gasteiger partial charge on any atom is 0.410 e. The molecular formula is C30H37ClN4O7S. The fourth-order valence-corrected chi connectivity index (χ4v) is 8.01. The van der Waals surface area contributed by atoms with Crippen LogP contribution in [0.5, 0.6) is 0 Å². The molecule has 5 aliphatic rings. The molecule has 3 heterocycles. The minimum absolute atomic E-state index is 0.0583. The standard InChI is InChI=1S/C30H37ClN4O7S/c31-24-10-7-8-19-16-34(18-23(19)24)29(39)42-21-14-25-27(37)32-30(28(38)33-43(40,41)22-12-13-22)15-20(30)9-5-3-1-2-4-6-11-26(36)35(25)17-21/h5,7-10,20-22,25H,1-4,6,11-18H2,(H,32,37)(H,33,38)/b9-5-/t20-,21?,25+,30-/m1/s1. The molecule has 1 aromatic carbocycles. The molecule has 1 aromatic rings. The van der Waals surface area contributed by atoms with E-state index in [2.05, 4.69) is 10.0 Å². The molecule has 1 saturated heterocycles. The number of halogens is 1. The molecule has 0 radical (unpaired) electrons. The van der Waals surface area contributed by atoms with E-state index in [1.54, 1.807) is 6.07 Å². The molecule has 2 aliphatic carbocycles. The lowest BCUT2D eigenvalue weighted by atomic mass is 10.1. The molecule has 0 aromatic heterocycles. The Morgan fingerprint density at radius 1 is 1.09 bits per heavy atom. The van der Waals surface area contributed by atoms with Crippen LogP contribution in [0.2, 0.25) is 5.02 Å². The summed E-state index contributed by atoms with van der Waals surface area (Å²) in [4.78, 5) is 56.6. The smallest absolute Gasteiger partial charge is 0.410 e. The van der Waals surface area contributed by atoms with Crippen LogP contribution >= 0.6 is 11.6 Å². The molecular weight excluding hydrogens is 596 g/mol. The van der Waals surface area contributed by atoms with Crippen LogP contribution in [0.4, 0.5) is 4.79 Å². The van der Waals surface area contributed by atoms with Crippen molar-refractivity contribution in [3.8, 4) is 0 Å². The third kappa shape index (κ3) is 6.26. The van der Waals surface area contributed by atoms with E-state index in [-0.39, 0.29) is 37.6 Å². The zero-order valence-corrected chi connectivity index (χ0v) is 25.5. The number of benzene rings is 1. The Labute approximate surface area is 256 Å². The maximum absolute atomic E-state index is 13.8. The van der Waals surface area contributed by atoms with Gasteiger partial charge in [0, 0.05) is 30.3 Å². The van der Waals surface area contributed by atoms with E-state index in [9.17, 15) is 27.6 Å². The SMILES string of the molecule is O=C1N[C@]2(C(=O)NS(=O)(=O)C3CC3)C[C@H]2/C=C\CCCCCCC(=O)N2CC(OC(=O)N3Cc4cccc(Cl)c4C3)C[C@@H]12. The van der Waals surface area contributed by atoms with Gasteiger partial charge >= 0.3 is 6.09 Å². The third-order valence-electron chi connectivity index (χ3n) is 9.18. The molecule has 6 rings (SSSR count). The van der Waals surface area contributed by atoms with Crippen molar-refractivity contribution < 1.29 is 32.3 Å². The topological polar surface area (TPSA) is 142 Å². The Balaban J connectivity index is 1.18. The van der Waals surface area contributed by atoms with Gasteiger partial charge in [0.1, 0.15) is 17.7 Å². The normalized spacial score (nSPS) is 30.2. The Hall–Kier alpha value is -3.12. The quantitative estimate of drug-likeness (QED) is 0.486. The molecule has 11 nitrogen and oxygen atoms in total. The Morgan fingerprint density at radius 2 is 1.88 bits per heavy atom. The van der Waals surface area contributed by atoms with Gasteiger partial charge in [-0.15, -0.1) is 0 Å². The highest BCUT2D eigenvalue weighted by Crippen LogP contribution is 2.46. The van der Waals surface area contributed by atoms with Crippen molar-refractivity contribution in [2.24, 2.45) is 5.92 Å². The number of hydrogen-bond acceptors (Lipinski definition) is 7. The highest BCUT2D eigenvalue weighted by Gasteiger charge is 2.62. The minimum atomic E-state index is -3.82. The summed E-state index contributed by atoms with van der Waals surface area (Å²) in [5.41, 5.74) is 0.397. The Morgan fingerprint density at radius 3 is 2.65 bits per heavy atom. The van der Waals surface area contributed by atoms with Crippen LogP contribution in [0.15, 0.2) is 30.4 Å². The van der Waals surface area contributed by atoms with Crippen LogP contribution in [0.3, 0.4) is 0 Å². The molecule has 0 spiro atoms. The molecule has 2 N–H and O–H groups in total. The van der Waals surface area contributed by atoms with Gasteiger partial charge in [-0.3, -0.25) is 24.0 Å². The number of fused-ring (bicyclic) bond motifs is 3. The predicted octanol–water partition coefficient (Wildman–Crippen LogP) is 3.16. The molecule has 13 heteroatoms. The van der Waals surface area contributed by atoms with Gasteiger partial charge in [0.15, 0.2) is 0 Å². The first-order chi connectivity index (χ1) is 20.6. The average Bonchev–Trinajstić information content (AvgIpc) is 3.84. The molecule has 3 aliphatic heterocycles. The van der Waals surface area contributed by atoms with E-state index in [1.807, 2.05) is 24.3 Å². The van der Waals surface area contributed by atoms with E-state index < -0.39 is 50.9 Å². The van der Waals surface area contributed by atoms with Gasteiger partial charge in [0.25, 0.3) is 5.91 Å². The zero-order valence-electron chi connectivity index (χ0n) is 23.9.